The zero-order valence-electron chi connectivity index (χ0n) is 15.5. The summed E-state index contributed by atoms with van der Waals surface area (Å²) in [5, 5.41) is 0. The quantitative estimate of drug-likeness (QED) is 0.629. The van der Waals surface area contributed by atoms with Gasteiger partial charge in [0.2, 0.25) is 5.91 Å². The number of ketones is 1. The van der Waals surface area contributed by atoms with E-state index in [1.165, 1.54) is 20.8 Å². The number of esters is 2. The molecule has 0 radical (unpaired) electrons. The number of nitrogens with zero attached hydrogens (tertiary/aromatic N) is 1. The van der Waals surface area contributed by atoms with E-state index in [0.29, 0.717) is 12.0 Å². The Morgan fingerprint density at radius 1 is 1.22 bits per heavy atom. The smallest absolute Gasteiger partial charge is 0.303 e. The van der Waals surface area contributed by atoms with Crippen LogP contribution in [-0.4, -0.2) is 53.6 Å². The monoisotopic (exact) mass is 380 g/mol. The van der Waals surface area contributed by atoms with E-state index in [1.807, 2.05) is 0 Å². The number of amides is 1. The van der Waals surface area contributed by atoms with Gasteiger partial charge in [0.25, 0.3) is 0 Å². The molecule has 9 heteroatoms. The highest BCUT2D eigenvalue weighted by Crippen LogP contribution is 2.36. The summed E-state index contributed by atoms with van der Waals surface area (Å²) in [5.41, 5.74) is 5.74. The van der Waals surface area contributed by atoms with E-state index < -0.39 is 42.2 Å². The summed E-state index contributed by atoms with van der Waals surface area (Å²) >= 11 is 0. The van der Waals surface area contributed by atoms with Crippen molar-refractivity contribution >= 4 is 23.6 Å². The Hall–Kier alpha value is -2.68. The lowest BCUT2D eigenvalue weighted by Gasteiger charge is -2.31. The number of hydrogen-bond donors (Lipinski definition) is 1. The molecule has 2 heterocycles. The first-order chi connectivity index (χ1) is 12.7. The fraction of sp³-hybridized carbons (Fsp3) is 0.556. The lowest BCUT2D eigenvalue weighted by Crippen LogP contribution is -2.39. The van der Waals surface area contributed by atoms with E-state index in [9.17, 15) is 19.2 Å². The minimum Gasteiger partial charge on any atom is -0.463 e. The molecule has 0 spiro atoms. The number of allylic oxidation sites excluding steroid dienone is 1. The largest absolute Gasteiger partial charge is 0.463 e. The van der Waals surface area contributed by atoms with Crippen molar-refractivity contribution in [3.63, 3.8) is 0 Å². The summed E-state index contributed by atoms with van der Waals surface area (Å²) < 4.78 is 16.4. The number of primary amides is 1. The van der Waals surface area contributed by atoms with E-state index >= 15 is 0 Å². The van der Waals surface area contributed by atoms with Gasteiger partial charge in [-0.25, -0.2) is 0 Å². The first-order valence-corrected chi connectivity index (χ1v) is 8.59. The van der Waals surface area contributed by atoms with E-state index in [0.717, 1.165) is 0 Å². The molecule has 1 saturated heterocycles. The Labute approximate surface area is 157 Å². The van der Waals surface area contributed by atoms with Crippen LogP contribution in [0.25, 0.3) is 0 Å². The van der Waals surface area contributed by atoms with Gasteiger partial charge in [-0.1, -0.05) is 6.08 Å². The number of nitrogens with two attached hydrogens (primary N) is 1. The lowest BCUT2D eigenvalue weighted by atomic mass is 9.93. The Morgan fingerprint density at radius 2 is 1.93 bits per heavy atom. The number of hydrogen-bond acceptors (Lipinski definition) is 8. The van der Waals surface area contributed by atoms with Crippen molar-refractivity contribution in [1.29, 1.82) is 0 Å². The summed E-state index contributed by atoms with van der Waals surface area (Å²) in [6.45, 7) is 3.82. The second kappa shape index (κ2) is 8.81. The van der Waals surface area contributed by atoms with Crippen LogP contribution in [0.5, 0.6) is 0 Å². The lowest BCUT2D eigenvalue weighted by molar-refractivity contribution is -0.156. The standard InChI is InChI=1S/C18H24N2O7/c1-10(21)7-14-16(26-12(3)23)15(9-25-11(2)22)27-18(14)20-6-4-5-13(8-20)17(19)24/h4,6,8,14-16,18H,5,7,9H2,1-3H3,(H2,19,24)/t14-,15-,16+,18-/m1/s1. The van der Waals surface area contributed by atoms with Crippen molar-refractivity contribution < 1.29 is 33.4 Å². The fourth-order valence-corrected chi connectivity index (χ4v) is 3.22. The molecule has 4 atom stereocenters. The summed E-state index contributed by atoms with van der Waals surface area (Å²) in [5.74, 6) is -2.22. The number of rotatable bonds is 7. The Balaban J connectivity index is 2.32. The van der Waals surface area contributed by atoms with Gasteiger partial charge in [0.1, 0.15) is 30.8 Å². The van der Waals surface area contributed by atoms with Gasteiger partial charge in [0, 0.05) is 38.2 Å². The van der Waals surface area contributed by atoms with Gasteiger partial charge in [0.15, 0.2) is 0 Å². The maximum Gasteiger partial charge on any atom is 0.303 e. The molecule has 148 valence electrons. The third-order valence-corrected chi connectivity index (χ3v) is 4.28. The van der Waals surface area contributed by atoms with E-state index in [4.69, 9.17) is 19.9 Å². The average Bonchev–Trinajstić information content (AvgIpc) is 2.89. The maximum absolute atomic E-state index is 11.8. The van der Waals surface area contributed by atoms with Gasteiger partial charge >= 0.3 is 11.9 Å². The van der Waals surface area contributed by atoms with Crippen LogP contribution in [0, 0.1) is 5.92 Å². The number of carbonyl (C=O) groups excluding carboxylic acids is 4. The first kappa shape index (κ1) is 20.6. The molecular weight excluding hydrogens is 356 g/mol. The van der Waals surface area contributed by atoms with Gasteiger partial charge in [-0.05, 0) is 13.3 Å². The second-order valence-corrected chi connectivity index (χ2v) is 6.57. The topological polar surface area (TPSA) is 125 Å². The minimum atomic E-state index is -0.781. The van der Waals surface area contributed by atoms with Crippen LogP contribution in [0.3, 0.4) is 0 Å². The molecule has 9 nitrogen and oxygen atoms in total. The summed E-state index contributed by atoms with van der Waals surface area (Å²) in [6.07, 6.45) is 3.27. The molecular formula is C18H24N2O7. The van der Waals surface area contributed by atoms with Crippen LogP contribution in [0.15, 0.2) is 24.0 Å². The molecule has 2 aliphatic rings. The van der Waals surface area contributed by atoms with Crippen LogP contribution < -0.4 is 5.73 Å². The highest BCUT2D eigenvalue weighted by molar-refractivity contribution is 5.92. The molecule has 0 unspecified atom stereocenters. The van der Waals surface area contributed by atoms with Gasteiger partial charge < -0.3 is 29.6 Å². The van der Waals surface area contributed by atoms with Crippen molar-refractivity contribution in [2.24, 2.45) is 11.7 Å². The molecule has 0 aromatic rings. The van der Waals surface area contributed by atoms with Crippen LogP contribution >= 0.6 is 0 Å². The van der Waals surface area contributed by atoms with Gasteiger partial charge in [-0.3, -0.25) is 14.4 Å². The first-order valence-electron chi connectivity index (χ1n) is 8.59. The van der Waals surface area contributed by atoms with E-state index in [-0.39, 0.29) is 18.8 Å². The number of carbonyl (C=O) groups is 4. The molecule has 27 heavy (non-hydrogen) atoms. The second-order valence-electron chi connectivity index (χ2n) is 6.57. The predicted molar refractivity (Wildman–Crippen MR) is 92.5 cm³/mol. The molecule has 0 aromatic carbocycles. The molecule has 0 aliphatic carbocycles. The maximum atomic E-state index is 11.8. The Morgan fingerprint density at radius 3 is 2.48 bits per heavy atom. The van der Waals surface area contributed by atoms with Crippen LogP contribution in [0.4, 0.5) is 0 Å². The molecule has 2 N–H and O–H groups in total. The summed E-state index contributed by atoms with van der Waals surface area (Å²) in [4.78, 5) is 47.7. The third-order valence-electron chi connectivity index (χ3n) is 4.28. The SMILES string of the molecule is CC(=O)C[C@@H]1[C@H](OC(C)=O)[C@@H](COC(C)=O)O[C@H]1N1C=CCC(C(N)=O)=C1. The number of Topliss-reactive ketones (excluding diaryl/α,β-unsaturated/α-hetero) is 1. The minimum absolute atomic E-state index is 0.0866. The van der Waals surface area contributed by atoms with Crippen molar-refractivity contribution in [1.82, 2.24) is 4.90 Å². The molecule has 1 fully saturated rings. The number of ether oxygens (including phenoxy) is 3. The highest BCUT2D eigenvalue weighted by Gasteiger charge is 2.49. The van der Waals surface area contributed by atoms with E-state index in [2.05, 4.69) is 0 Å². The molecule has 0 saturated carbocycles. The van der Waals surface area contributed by atoms with E-state index in [1.54, 1.807) is 23.4 Å². The Bertz CT molecular complexity index is 685. The van der Waals surface area contributed by atoms with Crippen molar-refractivity contribution in [2.45, 2.75) is 52.0 Å². The van der Waals surface area contributed by atoms with Crippen LogP contribution in [0.2, 0.25) is 0 Å². The predicted octanol–water partition coefficient (Wildman–Crippen LogP) is 0.390. The molecule has 0 bridgehead atoms. The summed E-state index contributed by atoms with van der Waals surface area (Å²) in [7, 11) is 0. The average molecular weight is 380 g/mol. The van der Waals surface area contributed by atoms with Crippen molar-refractivity contribution in [3.05, 3.63) is 24.0 Å². The zero-order valence-corrected chi connectivity index (χ0v) is 15.5. The molecule has 2 rings (SSSR count). The van der Waals surface area contributed by atoms with Crippen LogP contribution in [-0.2, 0) is 33.4 Å². The van der Waals surface area contributed by atoms with Gasteiger partial charge in [-0.15, -0.1) is 0 Å². The fourth-order valence-electron chi connectivity index (χ4n) is 3.22. The van der Waals surface area contributed by atoms with Crippen LogP contribution in [0.1, 0.15) is 33.6 Å². The highest BCUT2D eigenvalue weighted by atomic mass is 16.6. The van der Waals surface area contributed by atoms with Gasteiger partial charge in [0.05, 0.1) is 5.92 Å². The third kappa shape index (κ3) is 5.40. The molecule has 0 aromatic heterocycles. The molecule has 2 aliphatic heterocycles. The normalized spacial score (nSPS) is 27.1. The van der Waals surface area contributed by atoms with Crippen molar-refractivity contribution in [2.75, 3.05) is 6.61 Å². The Kier molecular flexibility index (Phi) is 6.73. The zero-order chi connectivity index (χ0) is 20.1. The van der Waals surface area contributed by atoms with Gasteiger partial charge in [-0.2, -0.15) is 0 Å². The van der Waals surface area contributed by atoms with Crippen molar-refractivity contribution in [3.8, 4) is 0 Å². The molecule has 1 amide bonds. The summed E-state index contributed by atoms with van der Waals surface area (Å²) in [6, 6.07) is 0.